The van der Waals surface area contributed by atoms with Crippen molar-refractivity contribution in [1.29, 1.82) is 0 Å². The Morgan fingerprint density at radius 2 is 1.78 bits per heavy atom. The van der Waals surface area contributed by atoms with Crippen LogP contribution < -0.4 is 15.4 Å². The highest BCUT2D eigenvalue weighted by Gasteiger charge is 2.09. The highest BCUT2D eigenvalue weighted by Crippen LogP contribution is 2.18. The van der Waals surface area contributed by atoms with Gasteiger partial charge in [0.2, 0.25) is 0 Å². The van der Waals surface area contributed by atoms with E-state index in [-0.39, 0.29) is 24.2 Å². The van der Waals surface area contributed by atoms with Crippen LogP contribution in [0.2, 0.25) is 0 Å². The van der Waals surface area contributed by atoms with Crippen molar-refractivity contribution in [2.45, 2.75) is 13.3 Å². The minimum Gasteiger partial charge on any atom is -0.484 e. The smallest absolute Gasteiger partial charge is 0.291 e. The van der Waals surface area contributed by atoms with E-state index in [1.54, 1.807) is 36.4 Å². The minimum atomic E-state index is -0.356. The van der Waals surface area contributed by atoms with E-state index in [9.17, 15) is 9.59 Å². The summed E-state index contributed by atoms with van der Waals surface area (Å²) in [6.45, 7) is 1.94. The van der Waals surface area contributed by atoms with Crippen LogP contribution in [0.1, 0.15) is 23.0 Å². The molecule has 0 radical (unpaired) electrons. The Balaban J connectivity index is 1.53. The summed E-state index contributed by atoms with van der Waals surface area (Å²) < 4.78 is 10.6. The van der Waals surface area contributed by atoms with Gasteiger partial charge in [-0.15, -0.1) is 0 Å². The molecule has 0 fully saturated rings. The van der Waals surface area contributed by atoms with Crippen LogP contribution >= 0.6 is 0 Å². The predicted octanol–water partition coefficient (Wildman–Crippen LogP) is 4.11. The Kier molecular flexibility index (Phi) is 5.89. The topological polar surface area (TPSA) is 80.6 Å². The van der Waals surface area contributed by atoms with E-state index in [0.29, 0.717) is 11.4 Å². The van der Waals surface area contributed by atoms with Crippen LogP contribution in [0.5, 0.6) is 5.75 Å². The van der Waals surface area contributed by atoms with Crippen molar-refractivity contribution in [3.63, 3.8) is 0 Å². The molecule has 6 nitrogen and oxygen atoms in total. The van der Waals surface area contributed by atoms with Gasteiger partial charge in [-0.3, -0.25) is 9.59 Å². The second kappa shape index (κ2) is 8.71. The number of hydrogen-bond acceptors (Lipinski definition) is 4. The first kappa shape index (κ1) is 18.3. The lowest BCUT2D eigenvalue weighted by molar-refractivity contribution is -0.118. The second-order valence-corrected chi connectivity index (χ2v) is 5.85. The van der Waals surface area contributed by atoms with Gasteiger partial charge in [-0.2, -0.15) is 0 Å². The largest absolute Gasteiger partial charge is 0.484 e. The fourth-order valence-corrected chi connectivity index (χ4v) is 2.43. The lowest BCUT2D eigenvalue weighted by atomic mass is 10.1. The molecule has 1 aromatic heterocycles. The van der Waals surface area contributed by atoms with Gasteiger partial charge in [0.05, 0.1) is 6.26 Å². The minimum absolute atomic E-state index is 0.134. The summed E-state index contributed by atoms with van der Waals surface area (Å²) in [5.41, 5.74) is 2.47. The molecular formula is C21H20N2O4. The molecule has 0 unspecified atom stereocenters. The summed E-state index contributed by atoms with van der Waals surface area (Å²) in [5, 5.41) is 5.49. The van der Waals surface area contributed by atoms with Crippen molar-refractivity contribution in [2.75, 3.05) is 17.2 Å². The molecule has 0 bridgehead atoms. The number of aryl methyl sites for hydroxylation is 1. The Morgan fingerprint density at radius 1 is 0.963 bits per heavy atom. The molecule has 6 heteroatoms. The monoisotopic (exact) mass is 364 g/mol. The number of carbonyl (C=O) groups excluding carboxylic acids is 2. The standard InChI is InChI=1S/C21H20N2O4/c1-2-15-8-10-16(11-9-15)22-20(24)14-27-18-6-3-5-17(13-18)23-21(25)19-7-4-12-26-19/h3-13H,2,14H2,1H3,(H,22,24)(H,23,25). The van der Waals surface area contributed by atoms with Crippen LogP contribution in [-0.4, -0.2) is 18.4 Å². The van der Waals surface area contributed by atoms with Crippen LogP contribution in [0.4, 0.5) is 11.4 Å². The lowest BCUT2D eigenvalue weighted by Gasteiger charge is -2.09. The number of amides is 2. The number of ether oxygens (including phenoxy) is 1. The van der Waals surface area contributed by atoms with Gasteiger partial charge in [-0.25, -0.2) is 0 Å². The first-order chi connectivity index (χ1) is 13.1. The van der Waals surface area contributed by atoms with E-state index >= 15 is 0 Å². The summed E-state index contributed by atoms with van der Waals surface area (Å²) in [4.78, 5) is 24.0. The number of nitrogens with one attached hydrogen (secondary N) is 2. The summed E-state index contributed by atoms with van der Waals surface area (Å²) in [7, 11) is 0. The third-order valence-electron chi connectivity index (χ3n) is 3.85. The molecular weight excluding hydrogens is 344 g/mol. The van der Waals surface area contributed by atoms with Gasteiger partial charge in [0, 0.05) is 17.4 Å². The molecule has 0 spiro atoms. The predicted molar refractivity (Wildman–Crippen MR) is 103 cm³/mol. The molecule has 0 saturated heterocycles. The summed E-state index contributed by atoms with van der Waals surface area (Å²) in [6.07, 6.45) is 2.38. The van der Waals surface area contributed by atoms with Gasteiger partial charge in [0.15, 0.2) is 12.4 Å². The summed E-state index contributed by atoms with van der Waals surface area (Å²) >= 11 is 0. The molecule has 0 saturated carbocycles. The molecule has 138 valence electrons. The van der Waals surface area contributed by atoms with E-state index in [1.165, 1.54) is 11.8 Å². The molecule has 27 heavy (non-hydrogen) atoms. The van der Waals surface area contributed by atoms with E-state index in [0.717, 1.165) is 12.1 Å². The molecule has 3 rings (SSSR count). The maximum absolute atomic E-state index is 12.0. The zero-order valence-corrected chi connectivity index (χ0v) is 14.9. The molecule has 2 aromatic carbocycles. The molecule has 0 atom stereocenters. The number of hydrogen-bond donors (Lipinski definition) is 2. The van der Waals surface area contributed by atoms with Crippen LogP contribution in [0.25, 0.3) is 0 Å². The second-order valence-electron chi connectivity index (χ2n) is 5.85. The van der Waals surface area contributed by atoms with Gasteiger partial charge in [-0.1, -0.05) is 25.1 Å². The fraction of sp³-hybridized carbons (Fsp3) is 0.143. The molecule has 2 N–H and O–H groups in total. The third-order valence-corrected chi connectivity index (χ3v) is 3.85. The average molecular weight is 364 g/mol. The normalized spacial score (nSPS) is 10.3. The molecule has 0 aliphatic carbocycles. The van der Waals surface area contributed by atoms with Crippen molar-refractivity contribution in [2.24, 2.45) is 0 Å². The van der Waals surface area contributed by atoms with E-state index in [4.69, 9.17) is 9.15 Å². The molecule has 3 aromatic rings. The highest BCUT2D eigenvalue weighted by atomic mass is 16.5. The Bertz CT molecular complexity index is 902. The number of rotatable bonds is 7. The fourth-order valence-electron chi connectivity index (χ4n) is 2.43. The first-order valence-corrected chi connectivity index (χ1v) is 8.60. The maximum atomic E-state index is 12.0. The number of carbonyl (C=O) groups is 2. The lowest BCUT2D eigenvalue weighted by Crippen LogP contribution is -2.20. The van der Waals surface area contributed by atoms with Crippen LogP contribution in [0, 0.1) is 0 Å². The molecule has 0 aliphatic heterocycles. The summed E-state index contributed by atoms with van der Waals surface area (Å²) in [5.74, 6) is 0.0770. The van der Waals surface area contributed by atoms with Gasteiger partial charge in [0.25, 0.3) is 11.8 Å². The molecule has 1 heterocycles. The summed E-state index contributed by atoms with van der Waals surface area (Å²) in [6, 6.07) is 17.7. The Hall–Kier alpha value is -3.54. The van der Waals surface area contributed by atoms with Crippen molar-refractivity contribution in [3.05, 3.63) is 78.3 Å². The molecule has 0 aliphatic rings. The Morgan fingerprint density at radius 3 is 2.48 bits per heavy atom. The van der Waals surface area contributed by atoms with Crippen LogP contribution in [0.3, 0.4) is 0 Å². The van der Waals surface area contributed by atoms with Crippen molar-refractivity contribution >= 4 is 23.2 Å². The SMILES string of the molecule is CCc1ccc(NC(=O)COc2cccc(NC(=O)c3ccco3)c2)cc1. The average Bonchev–Trinajstić information content (AvgIpc) is 3.22. The van der Waals surface area contributed by atoms with Crippen molar-refractivity contribution < 1.29 is 18.7 Å². The first-order valence-electron chi connectivity index (χ1n) is 8.60. The zero-order valence-electron chi connectivity index (χ0n) is 14.9. The zero-order chi connectivity index (χ0) is 19.1. The van der Waals surface area contributed by atoms with E-state index in [2.05, 4.69) is 17.6 Å². The number of benzene rings is 2. The third kappa shape index (κ3) is 5.22. The van der Waals surface area contributed by atoms with Crippen LogP contribution in [0.15, 0.2) is 71.3 Å². The maximum Gasteiger partial charge on any atom is 0.291 e. The van der Waals surface area contributed by atoms with E-state index < -0.39 is 0 Å². The quantitative estimate of drug-likeness (QED) is 0.661. The van der Waals surface area contributed by atoms with Gasteiger partial charge in [-0.05, 0) is 48.4 Å². The van der Waals surface area contributed by atoms with Crippen molar-refractivity contribution in [1.82, 2.24) is 0 Å². The van der Waals surface area contributed by atoms with Gasteiger partial charge < -0.3 is 19.8 Å². The van der Waals surface area contributed by atoms with Gasteiger partial charge >= 0.3 is 0 Å². The Labute approximate surface area is 157 Å². The number of anilines is 2. The molecule has 2 amide bonds. The van der Waals surface area contributed by atoms with Crippen molar-refractivity contribution in [3.8, 4) is 5.75 Å². The van der Waals surface area contributed by atoms with E-state index in [1.807, 2.05) is 24.3 Å². The van der Waals surface area contributed by atoms with Gasteiger partial charge in [0.1, 0.15) is 5.75 Å². The number of furan rings is 1. The van der Waals surface area contributed by atoms with Crippen LogP contribution in [-0.2, 0) is 11.2 Å². The highest BCUT2D eigenvalue weighted by molar-refractivity contribution is 6.02.